The first kappa shape index (κ1) is 10.0. The van der Waals surface area contributed by atoms with Gasteiger partial charge in [-0.2, -0.15) is 0 Å². The van der Waals surface area contributed by atoms with E-state index in [9.17, 15) is 4.79 Å². The van der Waals surface area contributed by atoms with Crippen LogP contribution in [0.15, 0.2) is 12.5 Å². The molecule has 0 aromatic heterocycles. The Morgan fingerprint density at radius 2 is 2.18 bits per heavy atom. The molecule has 11 heavy (non-hydrogen) atoms. The highest BCUT2D eigenvalue weighted by molar-refractivity contribution is 5.66. The maximum atomic E-state index is 10.2. The molecule has 0 aromatic carbocycles. The summed E-state index contributed by atoms with van der Waals surface area (Å²) in [4.78, 5) is 10.2. The Labute approximate surface area is 67.0 Å². The minimum Gasteiger partial charge on any atom is -0.498 e. The Kier molecular flexibility index (Phi) is 6.48. The Morgan fingerprint density at radius 3 is 2.73 bits per heavy atom. The minimum absolute atomic E-state index is 0.333. The van der Waals surface area contributed by atoms with Crippen LogP contribution in [0.4, 0.5) is 0 Å². The van der Waals surface area contributed by atoms with Gasteiger partial charge >= 0.3 is 5.97 Å². The zero-order valence-electron chi connectivity index (χ0n) is 7.00. The van der Waals surface area contributed by atoms with Gasteiger partial charge in [0.05, 0.1) is 6.61 Å². The second kappa shape index (κ2) is 7.12. The normalized spacial score (nSPS) is 10.0. The summed E-state index contributed by atoms with van der Waals surface area (Å²) in [5.74, 6) is -0.333. The van der Waals surface area contributed by atoms with Gasteiger partial charge in [0.15, 0.2) is 0 Å². The van der Waals surface area contributed by atoms with E-state index >= 15 is 0 Å². The fraction of sp³-hybridized carbons (Fsp3) is 0.625. The van der Waals surface area contributed by atoms with E-state index in [1.807, 2.05) is 0 Å². The van der Waals surface area contributed by atoms with Crippen molar-refractivity contribution in [3.63, 3.8) is 0 Å². The number of unbranched alkanes of at least 4 members (excludes halogenated alkanes) is 1. The summed E-state index contributed by atoms with van der Waals surface area (Å²) < 4.78 is 9.44. The van der Waals surface area contributed by atoms with Crippen LogP contribution in [0.25, 0.3) is 0 Å². The maximum Gasteiger partial charge on any atom is 0.307 e. The highest BCUT2D eigenvalue weighted by Gasteiger charge is 1.84. The van der Waals surface area contributed by atoms with Crippen LogP contribution in [0.5, 0.6) is 0 Å². The lowest BCUT2D eigenvalue weighted by Gasteiger charge is -1.96. The highest BCUT2D eigenvalue weighted by Crippen LogP contribution is 1.88. The molecule has 64 valence electrons. The van der Waals surface area contributed by atoms with Gasteiger partial charge < -0.3 is 9.47 Å². The van der Waals surface area contributed by atoms with E-state index in [4.69, 9.17) is 4.74 Å². The maximum absolute atomic E-state index is 10.2. The average molecular weight is 158 g/mol. The molecule has 0 amide bonds. The third-order valence-electron chi connectivity index (χ3n) is 1.00. The van der Waals surface area contributed by atoms with Gasteiger partial charge in [-0.15, -0.1) is 0 Å². The number of carbonyl (C=O) groups excluding carboxylic acids is 1. The van der Waals surface area contributed by atoms with Crippen LogP contribution in [0.1, 0.15) is 26.7 Å². The Morgan fingerprint density at radius 1 is 1.45 bits per heavy atom. The Bertz CT molecular complexity index is 129. The zero-order valence-corrected chi connectivity index (χ0v) is 7.00. The van der Waals surface area contributed by atoms with Crippen molar-refractivity contribution in [3.05, 3.63) is 12.5 Å². The van der Waals surface area contributed by atoms with E-state index in [0.29, 0.717) is 6.61 Å². The molecule has 0 radical (unpaired) electrons. The van der Waals surface area contributed by atoms with Crippen LogP contribution in [-0.2, 0) is 14.3 Å². The largest absolute Gasteiger partial charge is 0.498 e. The molecule has 0 saturated carbocycles. The first-order valence-electron chi connectivity index (χ1n) is 3.71. The van der Waals surface area contributed by atoms with E-state index in [0.717, 1.165) is 12.8 Å². The van der Waals surface area contributed by atoms with Crippen LogP contribution >= 0.6 is 0 Å². The molecule has 0 saturated heterocycles. The zero-order chi connectivity index (χ0) is 8.53. The summed E-state index contributed by atoms with van der Waals surface area (Å²) in [7, 11) is 0. The SMILES string of the molecule is CCCCOC=COC(C)=O. The number of carbonyl (C=O) groups is 1. The minimum atomic E-state index is -0.333. The molecule has 0 rings (SSSR count). The van der Waals surface area contributed by atoms with Crippen LogP contribution in [0.3, 0.4) is 0 Å². The van der Waals surface area contributed by atoms with Crippen molar-refractivity contribution in [1.82, 2.24) is 0 Å². The van der Waals surface area contributed by atoms with E-state index in [2.05, 4.69) is 11.7 Å². The van der Waals surface area contributed by atoms with Gasteiger partial charge in [-0.05, 0) is 6.42 Å². The average Bonchev–Trinajstić information content (AvgIpc) is 1.96. The molecule has 0 fully saturated rings. The second-order valence-corrected chi connectivity index (χ2v) is 2.11. The smallest absolute Gasteiger partial charge is 0.307 e. The molecule has 3 heteroatoms. The van der Waals surface area contributed by atoms with Gasteiger partial charge in [-0.25, -0.2) is 0 Å². The van der Waals surface area contributed by atoms with Gasteiger partial charge in [0.2, 0.25) is 0 Å². The van der Waals surface area contributed by atoms with Crippen LogP contribution in [-0.4, -0.2) is 12.6 Å². The van der Waals surface area contributed by atoms with Gasteiger partial charge in [0.1, 0.15) is 12.5 Å². The predicted octanol–water partition coefficient (Wildman–Crippen LogP) is 1.84. The third-order valence-corrected chi connectivity index (χ3v) is 1.00. The monoisotopic (exact) mass is 158 g/mol. The van der Waals surface area contributed by atoms with Crippen molar-refractivity contribution in [1.29, 1.82) is 0 Å². The molecular weight excluding hydrogens is 144 g/mol. The van der Waals surface area contributed by atoms with Gasteiger partial charge in [0.25, 0.3) is 0 Å². The van der Waals surface area contributed by atoms with E-state index in [1.165, 1.54) is 19.4 Å². The van der Waals surface area contributed by atoms with Crippen molar-refractivity contribution in [3.8, 4) is 0 Å². The van der Waals surface area contributed by atoms with Crippen LogP contribution < -0.4 is 0 Å². The molecule has 0 bridgehead atoms. The lowest BCUT2D eigenvalue weighted by molar-refractivity contribution is -0.135. The van der Waals surface area contributed by atoms with Gasteiger partial charge in [-0.3, -0.25) is 4.79 Å². The summed E-state index contributed by atoms with van der Waals surface area (Å²) in [6.45, 7) is 4.10. The third kappa shape index (κ3) is 9.01. The quantitative estimate of drug-likeness (QED) is 0.348. The molecule has 0 aliphatic heterocycles. The molecule has 0 aliphatic carbocycles. The van der Waals surface area contributed by atoms with Gasteiger partial charge in [0, 0.05) is 6.92 Å². The Hall–Kier alpha value is -0.990. The highest BCUT2D eigenvalue weighted by atomic mass is 16.5. The summed E-state index contributed by atoms with van der Waals surface area (Å²) in [5.41, 5.74) is 0. The predicted molar refractivity (Wildman–Crippen MR) is 41.8 cm³/mol. The second-order valence-electron chi connectivity index (χ2n) is 2.11. The van der Waals surface area contributed by atoms with Crippen LogP contribution in [0.2, 0.25) is 0 Å². The lowest BCUT2D eigenvalue weighted by atomic mass is 10.4. The van der Waals surface area contributed by atoms with Crippen molar-refractivity contribution in [2.45, 2.75) is 26.7 Å². The molecule has 0 aliphatic rings. The number of hydrogen-bond acceptors (Lipinski definition) is 3. The number of hydrogen-bond donors (Lipinski definition) is 0. The van der Waals surface area contributed by atoms with Crippen molar-refractivity contribution in [2.75, 3.05) is 6.61 Å². The molecular formula is C8H14O3. The fourth-order valence-corrected chi connectivity index (χ4v) is 0.459. The molecule has 0 aromatic rings. The summed E-state index contributed by atoms with van der Waals surface area (Å²) in [6.07, 6.45) is 4.75. The topological polar surface area (TPSA) is 35.5 Å². The Balaban J connectivity index is 3.10. The summed E-state index contributed by atoms with van der Waals surface area (Å²) >= 11 is 0. The number of rotatable bonds is 5. The molecule has 0 spiro atoms. The van der Waals surface area contributed by atoms with Gasteiger partial charge in [-0.1, -0.05) is 13.3 Å². The molecule has 0 N–H and O–H groups in total. The standard InChI is InChI=1S/C8H14O3/c1-3-4-5-10-6-7-11-8(2)9/h6-7H,3-5H2,1-2H3. The molecule has 0 heterocycles. The van der Waals surface area contributed by atoms with Crippen molar-refractivity contribution >= 4 is 5.97 Å². The van der Waals surface area contributed by atoms with Crippen molar-refractivity contribution in [2.24, 2.45) is 0 Å². The molecule has 0 unspecified atom stereocenters. The summed E-state index contributed by atoms with van der Waals surface area (Å²) in [5, 5.41) is 0. The van der Waals surface area contributed by atoms with E-state index in [1.54, 1.807) is 0 Å². The lowest BCUT2D eigenvalue weighted by Crippen LogP contribution is -1.91. The summed E-state index contributed by atoms with van der Waals surface area (Å²) in [6, 6.07) is 0. The number of ether oxygens (including phenoxy) is 2. The number of esters is 1. The molecule has 3 nitrogen and oxygen atoms in total. The van der Waals surface area contributed by atoms with Crippen molar-refractivity contribution < 1.29 is 14.3 Å². The fourth-order valence-electron chi connectivity index (χ4n) is 0.459. The van der Waals surface area contributed by atoms with E-state index < -0.39 is 0 Å². The van der Waals surface area contributed by atoms with Crippen LogP contribution in [0, 0.1) is 0 Å². The molecule has 0 atom stereocenters. The first-order chi connectivity index (χ1) is 5.27. The first-order valence-corrected chi connectivity index (χ1v) is 3.71. The van der Waals surface area contributed by atoms with E-state index in [-0.39, 0.29) is 5.97 Å².